The van der Waals surface area contributed by atoms with E-state index in [2.05, 4.69) is 55.1 Å². The molecule has 188 valence electrons. The van der Waals surface area contributed by atoms with Gasteiger partial charge in [-0.1, -0.05) is 29.2 Å². The Bertz CT molecular complexity index is 1240. The summed E-state index contributed by atoms with van der Waals surface area (Å²) in [5.41, 5.74) is 2.00. The van der Waals surface area contributed by atoms with Crippen molar-refractivity contribution in [3.63, 3.8) is 0 Å². The number of likely N-dealkylation sites (N-methyl/N-ethyl adjacent to an activating group) is 1. The van der Waals surface area contributed by atoms with Crippen LogP contribution in [0.25, 0.3) is 0 Å². The van der Waals surface area contributed by atoms with Crippen molar-refractivity contribution >= 4 is 57.5 Å². The van der Waals surface area contributed by atoms with Gasteiger partial charge in [-0.3, -0.25) is 9.59 Å². The van der Waals surface area contributed by atoms with Crippen LogP contribution in [-0.2, 0) is 9.22 Å². The highest BCUT2D eigenvalue weighted by Crippen LogP contribution is 2.25. The van der Waals surface area contributed by atoms with Crippen molar-refractivity contribution in [2.24, 2.45) is 0 Å². The largest absolute Gasteiger partial charge is 0.508 e. The zero-order valence-corrected chi connectivity index (χ0v) is 21.8. The second-order valence-electron chi connectivity index (χ2n) is 7.68. The first-order chi connectivity index (χ1) is 17.3. The minimum atomic E-state index is -0.542. The second kappa shape index (κ2) is 12.8. The van der Waals surface area contributed by atoms with E-state index >= 15 is 0 Å². The Balaban J connectivity index is 1.60. The standard InChI is InChI=1S/C25H26FIN6O3/c1-3-22(35)33(2)21-13-18(7-10-20(21)26)31-25-30-15-17(14-27)23(32-25)28-11-4-12-29-24(36)16-5-8-19(34)9-6-16/h3,5-10,13,15,34H,1,4,11-12,14H2,2H3,(H,29,36)(H2,28,30,31,32). The average Bonchev–Trinajstić information content (AvgIpc) is 2.89. The Morgan fingerprint density at radius 3 is 2.64 bits per heavy atom. The predicted molar refractivity (Wildman–Crippen MR) is 147 cm³/mol. The van der Waals surface area contributed by atoms with Crippen LogP contribution in [0.4, 0.5) is 27.5 Å². The van der Waals surface area contributed by atoms with Crippen LogP contribution in [0.3, 0.4) is 0 Å². The summed E-state index contributed by atoms with van der Waals surface area (Å²) in [5, 5.41) is 18.5. The molecule has 0 radical (unpaired) electrons. The lowest BCUT2D eigenvalue weighted by Crippen LogP contribution is -2.25. The number of nitrogens with one attached hydrogen (secondary N) is 3. The Kier molecular flexibility index (Phi) is 9.56. The molecule has 4 N–H and O–H groups in total. The number of aromatic hydroxyl groups is 1. The van der Waals surface area contributed by atoms with Crippen LogP contribution < -0.4 is 20.9 Å². The number of benzene rings is 2. The van der Waals surface area contributed by atoms with Gasteiger partial charge in [0.05, 0.1) is 5.69 Å². The summed E-state index contributed by atoms with van der Waals surface area (Å²) in [6, 6.07) is 10.3. The fourth-order valence-corrected chi connectivity index (χ4v) is 3.72. The van der Waals surface area contributed by atoms with Gasteiger partial charge in [0.15, 0.2) is 0 Å². The molecule has 0 spiro atoms. The molecule has 0 aliphatic rings. The van der Waals surface area contributed by atoms with Gasteiger partial charge >= 0.3 is 0 Å². The lowest BCUT2D eigenvalue weighted by molar-refractivity contribution is -0.113. The van der Waals surface area contributed by atoms with Crippen LogP contribution in [0, 0.1) is 5.82 Å². The van der Waals surface area contributed by atoms with Crippen molar-refractivity contribution < 1.29 is 19.1 Å². The van der Waals surface area contributed by atoms with Crippen LogP contribution in [-0.4, -0.2) is 47.0 Å². The van der Waals surface area contributed by atoms with E-state index in [1.807, 2.05) is 0 Å². The zero-order valence-electron chi connectivity index (χ0n) is 19.6. The van der Waals surface area contributed by atoms with Gasteiger partial charge in [-0.2, -0.15) is 4.98 Å². The van der Waals surface area contributed by atoms with Crippen LogP contribution in [0.2, 0.25) is 0 Å². The van der Waals surface area contributed by atoms with Crippen LogP contribution in [0.5, 0.6) is 5.75 Å². The molecule has 36 heavy (non-hydrogen) atoms. The summed E-state index contributed by atoms with van der Waals surface area (Å²) in [6.07, 6.45) is 3.47. The quantitative estimate of drug-likeness (QED) is 0.111. The van der Waals surface area contributed by atoms with Crippen LogP contribution in [0.15, 0.2) is 61.3 Å². The van der Waals surface area contributed by atoms with Crippen molar-refractivity contribution in [2.75, 3.05) is 35.7 Å². The van der Waals surface area contributed by atoms with Crippen molar-refractivity contribution in [2.45, 2.75) is 10.8 Å². The van der Waals surface area contributed by atoms with E-state index in [4.69, 9.17) is 0 Å². The maximum absolute atomic E-state index is 14.2. The third kappa shape index (κ3) is 7.13. The number of carbonyl (C=O) groups excluding carboxylic acids is 2. The molecular formula is C25H26FIN6O3. The molecule has 3 aromatic rings. The Labute approximate surface area is 222 Å². The molecule has 11 heteroatoms. The molecule has 2 aromatic carbocycles. The number of anilines is 4. The van der Waals surface area contributed by atoms with Gasteiger partial charge < -0.3 is 26.0 Å². The van der Waals surface area contributed by atoms with Crippen molar-refractivity contribution in [1.82, 2.24) is 15.3 Å². The number of phenols is 1. The number of alkyl halides is 1. The molecular weight excluding hydrogens is 578 g/mol. The highest BCUT2D eigenvalue weighted by atomic mass is 127. The minimum absolute atomic E-state index is 0.0986. The molecule has 3 rings (SSSR count). The lowest BCUT2D eigenvalue weighted by atomic mass is 10.2. The molecule has 0 saturated heterocycles. The SMILES string of the molecule is C=CC(=O)N(C)c1cc(Nc2ncc(CI)c(NCCCNC(=O)c3ccc(O)cc3)n2)ccc1F. The average molecular weight is 604 g/mol. The number of aromatic nitrogens is 2. The monoisotopic (exact) mass is 604 g/mol. The van der Waals surface area contributed by atoms with E-state index in [0.717, 1.165) is 11.6 Å². The van der Waals surface area contributed by atoms with Gasteiger partial charge in [0.2, 0.25) is 11.9 Å². The molecule has 9 nitrogen and oxygen atoms in total. The summed E-state index contributed by atoms with van der Waals surface area (Å²) < 4.78 is 14.9. The predicted octanol–water partition coefficient (Wildman–Crippen LogP) is 4.38. The first-order valence-corrected chi connectivity index (χ1v) is 12.5. The van der Waals surface area contributed by atoms with E-state index in [9.17, 15) is 19.1 Å². The molecule has 0 aliphatic heterocycles. The highest BCUT2D eigenvalue weighted by molar-refractivity contribution is 14.1. The molecule has 1 aromatic heterocycles. The third-order valence-electron chi connectivity index (χ3n) is 5.14. The van der Waals surface area contributed by atoms with E-state index < -0.39 is 11.7 Å². The third-order valence-corrected chi connectivity index (χ3v) is 5.96. The Morgan fingerprint density at radius 2 is 1.94 bits per heavy atom. The lowest BCUT2D eigenvalue weighted by Gasteiger charge is -2.17. The molecule has 0 atom stereocenters. The van der Waals surface area contributed by atoms with Crippen LogP contribution >= 0.6 is 22.6 Å². The highest BCUT2D eigenvalue weighted by Gasteiger charge is 2.14. The fraction of sp³-hybridized carbons (Fsp3) is 0.200. The van der Waals surface area contributed by atoms with Crippen molar-refractivity contribution in [3.8, 4) is 5.75 Å². The van der Waals surface area contributed by atoms with E-state index in [1.54, 1.807) is 18.3 Å². The molecule has 0 fully saturated rings. The first kappa shape index (κ1) is 26.9. The van der Waals surface area contributed by atoms with Gasteiger partial charge in [0.1, 0.15) is 17.4 Å². The number of rotatable bonds is 11. The summed E-state index contributed by atoms with van der Waals surface area (Å²) in [7, 11) is 1.47. The van der Waals surface area contributed by atoms with Gasteiger partial charge in [-0.05, 0) is 55.0 Å². The molecule has 0 bridgehead atoms. The molecule has 0 aliphatic carbocycles. The smallest absolute Gasteiger partial charge is 0.251 e. The van der Waals surface area contributed by atoms with Crippen LogP contribution in [0.1, 0.15) is 22.3 Å². The van der Waals surface area contributed by atoms with Gasteiger partial charge in [0.25, 0.3) is 5.91 Å². The first-order valence-electron chi connectivity index (χ1n) is 11.0. The van der Waals surface area contributed by atoms with Gasteiger partial charge in [-0.25, -0.2) is 9.37 Å². The topological polar surface area (TPSA) is 119 Å². The van der Waals surface area contributed by atoms with E-state index in [0.29, 0.717) is 47.0 Å². The number of hydrogen-bond acceptors (Lipinski definition) is 7. The summed E-state index contributed by atoms with van der Waals surface area (Å²) >= 11 is 2.22. The molecule has 0 saturated carbocycles. The van der Waals surface area contributed by atoms with Crippen molar-refractivity contribution in [3.05, 3.63) is 78.3 Å². The molecule has 2 amide bonds. The molecule has 0 unspecified atom stereocenters. The number of nitrogens with zero attached hydrogens (tertiary/aromatic N) is 3. The van der Waals surface area contributed by atoms with Gasteiger partial charge in [0, 0.05) is 47.6 Å². The zero-order chi connectivity index (χ0) is 26.1. The van der Waals surface area contributed by atoms with Gasteiger partial charge in [-0.15, -0.1) is 0 Å². The maximum Gasteiger partial charge on any atom is 0.251 e. The Hall–Kier alpha value is -3.74. The number of carbonyl (C=O) groups is 2. The number of hydrogen-bond donors (Lipinski definition) is 4. The Morgan fingerprint density at radius 1 is 1.19 bits per heavy atom. The number of amides is 2. The minimum Gasteiger partial charge on any atom is -0.508 e. The van der Waals surface area contributed by atoms with E-state index in [-0.39, 0.29) is 17.3 Å². The summed E-state index contributed by atoms with van der Waals surface area (Å²) in [4.78, 5) is 34.1. The number of halogens is 2. The second-order valence-corrected chi connectivity index (χ2v) is 8.44. The number of phenolic OH excluding ortho intramolecular Hbond substituents is 1. The van der Waals surface area contributed by atoms with E-state index in [1.165, 1.54) is 42.3 Å². The summed E-state index contributed by atoms with van der Waals surface area (Å²) in [6.45, 7) is 4.45. The summed E-state index contributed by atoms with van der Waals surface area (Å²) in [5.74, 6) is -0.125. The fourth-order valence-electron chi connectivity index (χ4n) is 3.16. The van der Waals surface area contributed by atoms with Crippen molar-refractivity contribution in [1.29, 1.82) is 0 Å². The normalized spacial score (nSPS) is 10.4. The maximum atomic E-state index is 14.2. The molecule has 1 heterocycles.